The molecule has 0 saturated carbocycles. The van der Waals surface area contributed by atoms with Crippen LogP contribution in [0.4, 0.5) is 21.6 Å². The molecule has 28 heavy (non-hydrogen) atoms. The van der Waals surface area contributed by atoms with Gasteiger partial charge < -0.3 is 15.1 Å². The van der Waals surface area contributed by atoms with Crippen LogP contribution in [-0.4, -0.2) is 36.4 Å². The lowest BCUT2D eigenvalue weighted by Gasteiger charge is -2.21. The third-order valence-corrected chi connectivity index (χ3v) is 4.78. The van der Waals surface area contributed by atoms with Gasteiger partial charge in [-0.25, -0.2) is 9.37 Å². The number of hydrogen-bond acceptors (Lipinski definition) is 4. The van der Waals surface area contributed by atoms with Crippen LogP contribution >= 0.6 is 0 Å². The van der Waals surface area contributed by atoms with Crippen LogP contribution in [0.25, 0.3) is 0 Å². The molecule has 1 N–H and O–H groups in total. The molecule has 1 aliphatic rings. The monoisotopic (exact) mass is 384 g/mol. The molecule has 0 bridgehead atoms. The average Bonchev–Trinajstić information content (AvgIpc) is 3.12. The van der Waals surface area contributed by atoms with Crippen LogP contribution in [0.2, 0.25) is 0 Å². The number of carbonyl (C=O) groups is 2. The minimum absolute atomic E-state index is 0.0777. The third kappa shape index (κ3) is 4.30. The van der Waals surface area contributed by atoms with Gasteiger partial charge in [-0.3, -0.25) is 9.59 Å². The maximum atomic E-state index is 14.4. The Balaban J connectivity index is 1.69. The molecule has 1 aliphatic heterocycles. The predicted molar refractivity (Wildman–Crippen MR) is 108 cm³/mol. The Bertz CT molecular complexity index is 854. The summed E-state index contributed by atoms with van der Waals surface area (Å²) in [5.41, 5.74) is 0.987. The lowest BCUT2D eigenvalue weighted by molar-refractivity contribution is -0.117. The molecule has 148 valence electrons. The van der Waals surface area contributed by atoms with E-state index in [-0.39, 0.29) is 17.5 Å². The van der Waals surface area contributed by atoms with Crippen LogP contribution in [0.15, 0.2) is 36.5 Å². The van der Waals surface area contributed by atoms with E-state index < -0.39 is 5.82 Å². The van der Waals surface area contributed by atoms with Crippen molar-refractivity contribution < 1.29 is 14.0 Å². The van der Waals surface area contributed by atoms with E-state index in [1.807, 2.05) is 6.07 Å². The summed E-state index contributed by atoms with van der Waals surface area (Å²) in [5, 5.41) is 2.68. The molecule has 7 heteroatoms. The summed E-state index contributed by atoms with van der Waals surface area (Å²) in [7, 11) is 0. The Kier molecular flexibility index (Phi) is 6.23. The van der Waals surface area contributed by atoms with Crippen molar-refractivity contribution in [3.8, 4) is 0 Å². The smallest absolute Gasteiger partial charge is 0.257 e. The summed E-state index contributed by atoms with van der Waals surface area (Å²) in [6.07, 6.45) is 3.71. The molecule has 0 spiro atoms. The average molecular weight is 384 g/mol. The van der Waals surface area contributed by atoms with Gasteiger partial charge in [0.1, 0.15) is 11.6 Å². The van der Waals surface area contributed by atoms with Gasteiger partial charge in [-0.1, -0.05) is 6.92 Å². The normalized spacial score (nSPS) is 13.7. The quantitative estimate of drug-likeness (QED) is 0.788. The van der Waals surface area contributed by atoms with Crippen molar-refractivity contribution in [3.63, 3.8) is 0 Å². The highest BCUT2D eigenvalue weighted by molar-refractivity contribution is 6.04. The largest absolute Gasteiger partial charge is 0.357 e. The number of pyridine rings is 1. The van der Waals surface area contributed by atoms with Gasteiger partial charge in [-0.05, 0) is 50.1 Å². The molecule has 1 aromatic carbocycles. The molecule has 0 unspecified atom stereocenters. The lowest BCUT2D eigenvalue weighted by Crippen LogP contribution is -2.25. The van der Waals surface area contributed by atoms with Gasteiger partial charge >= 0.3 is 0 Å². The molecule has 0 atom stereocenters. The maximum Gasteiger partial charge on any atom is 0.257 e. The van der Waals surface area contributed by atoms with E-state index >= 15 is 0 Å². The molecule has 2 aromatic rings. The first-order valence-electron chi connectivity index (χ1n) is 9.65. The Morgan fingerprint density at radius 2 is 2.11 bits per heavy atom. The molecule has 0 radical (unpaired) electrons. The van der Waals surface area contributed by atoms with Crippen molar-refractivity contribution in [1.82, 2.24) is 4.98 Å². The first kappa shape index (κ1) is 19.8. The van der Waals surface area contributed by atoms with E-state index in [0.29, 0.717) is 24.2 Å². The van der Waals surface area contributed by atoms with Gasteiger partial charge in [0.05, 0.1) is 11.3 Å². The van der Waals surface area contributed by atoms with Gasteiger partial charge in [0.25, 0.3) is 5.91 Å². The summed E-state index contributed by atoms with van der Waals surface area (Å²) < 4.78 is 14.4. The minimum Gasteiger partial charge on any atom is -0.357 e. The number of benzene rings is 1. The van der Waals surface area contributed by atoms with E-state index in [0.717, 1.165) is 31.7 Å². The first-order valence-corrected chi connectivity index (χ1v) is 9.65. The van der Waals surface area contributed by atoms with Crippen molar-refractivity contribution in [1.29, 1.82) is 0 Å². The lowest BCUT2D eigenvalue weighted by atomic mass is 10.2. The highest BCUT2D eigenvalue weighted by Gasteiger charge is 2.24. The fourth-order valence-electron chi connectivity index (χ4n) is 3.32. The molecule has 1 saturated heterocycles. The Morgan fingerprint density at radius 1 is 1.29 bits per heavy atom. The first-order chi connectivity index (χ1) is 13.5. The summed E-state index contributed by atoms with van der Waals surface area (Å²) in [4.78, 5) is 32.2. The number of halogens is 1. The molecule has 3 rings (SSSR count). The molecule has 2 amide bonds. The van der Waals surface area contributed by atoms with Crippen molar-refractivity contribution >= 4 is 29.0 Å². The standard InChI is InChI=1S/C21H25FN4O2/c1-3-11-25(4-2)19-10-7-15(14-23-19)21(28)24-16-8-9-18(17(22)13-16)26-12-5-6-20(26)27/h7-10,13-14H,3-6,11-12H2,1-2H3,(H,24,28). The van der Waals surface area contributed by atoms with Crippen LogP contribution in [0.5, 0.6) is 0 Å². The Hall–Kier alpha value is -2.96. The van der Waals surface area contributed by atoms with Crippen LogP contribution in [0, 0.1) is 5.82 Å². The van der Waals surface area contributed by atoms with Crippen molar-refractivity contribution in [2.75, 3.05) is 34.8 Å². The zero-order valence-electron chi connectivity index (χ0n) is 16.2. The number of rotatable bonds is 7. The van der Waals surface area contributed by atoms with Gasteiger partial charge in [-0.15, -0.1) is 0 Å². The summed E-state index contributed by atoms with van der Waals surface area (Å²) in [6, 6.07) is 7.89. The van der Waals surface area contributed by atoms with Crippen LogP contribution < -0.4 is 15.1 Å². The summed E-state index contributed by atoms with van der Waals surface area (Å²) in [5.74, 6) is -0.140. The minimum atomic E-state index is -0.528. The molecule has 2 heterocycles. The summed E-state index contributed by atoms with van der Waals surface area (Å²) >= 11 is 0. The van der Waals surface area contributed by atoms with Crippen molar-refractivity contribution in [3.05, 3.63) is 47.9 Å². The number of amides is 2. The van der Waals surface area contributed by atoms with E-state index in [2.05, 4.69) is 29.0 Å². The third-order valence-electron chi connectivity index (χ3n) is 4.78. The second kappa shape index (κ2) is 8.82. The van der Waals surface area contributed by atoms with E-state index in [4.69, 9.17) is 0 Å². The van der Waals surface area contributed by atoms with Gasteiger partial charge in [0, 0.05) is 37.9 Å². The number of nitrogens with one attached hydrogen (secondary N) is 1. The molecule has 1 aromatic heterocycles. The van der Waals surface area contributed by atoms with Crippen LogP contribution in [-0.2, 0) is 4.79 Å². The predicted octanol–water partition coefficient (Wildman–Crippen LogP) is 3.84. The molecule has 6 nitrogen and oxygen atoms in total. The molecule has 1 fully saturated rings. The highest BCUT2D eigenvalue weighted by Crippen LogP contribution is 2.27. The second-order valence-corrected chi connectivity index (χ2v) is 6.75. The highest BCUT2D eigenvalue weighted by atomic mass is 19.1. The number of aromatic nitrogens is 1. The van der Waals surface area contributed by atoms with Crippen LogP contribution in [0.3, 0.4) is 0 Å². The van der Waals surface area contributed by atoms with Gasteiger partial charge in [-0.2, -0.15) is 0 Å². The molecule has 0 aliphatic carbocycles. The van der Waals surface area contributed by atoms with E-state index in [1.165, 1.54) is 23.2 Å². The van der Waals surface area contributed by atoms with Crippen LogP contribution in [0.1, 0.15) is 43.5 Å². The van der Waals surface area contributed by atoms with E-state index in [9.17, 15) is 14.0 Å². The Morgan fingerprint density at radius 3 is 2.68 bits per heavy atom. The summed E-state index contributed by atoms with van der Waals surface area (Å²) in [6.45, 7) is 6.43. The maximum absolute atomic E-state index is 14.4. The SMILES string of the molecule is CCCN(CC)c1ccc(C(=O)Nc2ccc(N3CCCC3=O)c(F)c2)cn1. The zero-order valence-corrected chi connectivity index (χ0v) is 16.2. The van der Waals surface area contributed by atoms with Gasteiger partial charge in [0.15, 0.2) is 0 Å². The fourth-order valence-corrected chi connectivity index (χ4v) is 3.32. The number of anilines is 3. The van der Waals surface area contributed by atoms with Crippen molar-refractivity contribution in [2.45, 2.75) is 33.1 Å². The van der Waals surface area contributed by atoms with Crippen molar-refractivity contribution in [2.24, 2.45) is 0 Å². The number of carbonyl (C=O) groups excluding carboxylic acids is 2. The van der Waals surface area contributed by atoms with Gasteiger partial charge in [0.2, 0.25) is 5.91 Å². The zero-order chi connectivity index (χ0) is 20.1. The van der Waals surface area contributed by atoms with E-state index in [1.54, 1.807) is 12.1 Å². The topological polar surface area (TPSA) is 65.5 Å². The molecular formula is C21H25FN4O2. The number of nitrogens with zero attached hydrogens (tertiary/aromatic N) is 3. The molecular weight excluding hydrogens is 359 g/mol. The Labute approximate surface area is 164 Å². The second-order valence-electron chi connectivity index (χ2n) is 6.75. The number of hydrogen-bond donors (Lipinski definition) is 1. The fraction of sp³-hybridized carbons (Fsp3) is 0.381.